The Balaban J connectivity index is 0.931. The van der Waals surface area contributed by atoms with Crippen molar-refractivity contribution < 1.29 is 57.1 Å². The summed E-state index contributed by atoms with van der Waals surface area (Å²) in [5, 5.41) is 5.40. The van der Waals surface area contributed by atoms with Gasteiger partial charge in [-0.1, -0.05) is 0 Å². The molecule has 2 atom stereocenters. The highest BCUT2D eigenvalue weighted by molar-refractivity contribution is 6.13. The summed E-state index contributed by atoms with van der Waals surface area (Å²) in [4.78, 5) is 47.6. The smallest absolute Gasteiger partial charge is 0.407 e. The van der Waals surface area contributed by atoms with E-state index in [1.54, 1.807) is 0 Å². The second-order valence-corrected chi connectivity index (χ2v) is 11.5. The van der Waals surface area contributed by atoms with Crippen molar-refractivity contribution in [3.63, 3.8) is 0 Å². The number of amides is 4. The first-order valence-electron chi connectivity index (χ1n) is 17.3. The number of nitrogens with one attached hydrogen (secondary N) is 2. The average Bonchev–Trinajstić information content (AvgIpc) is 3.62. The Morgan fingerprint density at radius 3 is 1.49 bits per heavy atom. The van der Waals surface area contributed by atoms with Gasteiger partial charge < -0.3 is 48.5 Å². The maximum absolute atomic E-state index is 11.9. The first-order valence-corrected chi connectivity index (χ1v) is 17.3. The molecule has 276 valence electrons. The standard InChI is InChI=1S/C34H53N3O12/c38-31(9-12-37-32(39)7-8-33(37)40)35-10-13-42-15-17-44-19-21-46-23-25-48-26-24-47-22-20-45-18-16-43-14-11-36-34(41)49-27-30-28-5-3-1-2-4-6-29(28)30/h7-8,28-30H,3-6,9-27H2,(H,35,38)(H,36,41). The summed E-state index contributed by atoms with van der Waals surface area (Å²) in [5.74, 6) is 7.15. The Bertz CT molecular complexity index is 1040. The number of alkyl carbamates (subject to hydrolysis) is 1. The first kappa shape index (κ1) is 40.3. The molecule has 4 amide bonds. The summed E-state index contributed by atoms with van der Waals surface area (Å²) in [6, 6.07) is 0. The molecule has 0 spiro atoms. The lowest BCUT2D eigenvalue weighted by Gasteiger charge is -2.13. The predicted octanol–water partition coefficient (Wildman–Crippen LogP) is 0.700. The Hall–Kier alpha value is -3.10. The van der Waals surface area contributed by atoms with E-state index >= 15 is 0 Å². The molecule has 15 nitrogen and oxygen atoms in total. The Morgan fingerprint density at radius 2 is 1.04 bits per heavy atom. The second-order valence-electron chi connectivity index (χ2n) is 11.5. The van der Waals surface area contributed by atoms with E-state index < -0.39 is 17.9 Å². The fourth-order valence-corrected chi connectivity index (χ4v) is 5.37. The summed E-state index contributed by atoms with van der Waals surface area (Å²) in [6.45, 7) is 7.28. The zero-order valence-corrected chi connectivity index (χ0v) is 28.5. The van der Waals surface area contributed by atoms with Crippen LogP contribution < -0.4 is 10.6 Å². The summed E-state index contributed by atoms with van der Waals surface area (Å²) < 4.78 is 43.5. The maximum atomic E-state index is 11.9. The summed E-state index contributed by atoms with van der Waals surface area (Å²) in [5.41, 5.74) is 0. The number of hydrogen-bond acceptors (Lipinski definition) is 12. The van der Waals surface area contributed by atoms with E-state index in [1.807, 2.05) is 0 Å². The minimum Gasteiger partial charge on any atom is -0.449 e. The molecule has 3 aliphatic rings. The molecule has 0 aromatic rings. The minimum atomic E-state index is -0.398. The molecule has 1 heterocycles. The number of nitrogens with zero attached hydrogens (tertiary/aromatic N) is 1. The van der Waals surface area contributed by atoms with Crippen LogP contribution in [0.3, 0.4) is 0 Å². The first-order chi connectivity index (χ1) is 24.1. The number of ether oxygens (including phenoxy) is 8. The van der Waals surface area contributed by atoms with Crippen molar-refractivity contribution in [3.8, 4) is 11.8 Å². The van der Waals surface area contributed by atoms with Gasteiger partial charge in [0.25, 0.3) is 11.8 Å². The van der Waals surface area contributed by atoms with E-state index in [2.05, 4.69) is 22.5 Å². The van der Waals surface area contributed by atoms with Gasteiger partial charge in [-0.25, -0.2) is 4.79 Å². The molecule has 0 aromatic heterocycles. The number of carbonyl (C=O) groups excluding carboxylic acids is 4. The van der Waals surface area contributed by atoms with E-state index in [9.17, 15) is 19.2 Å². The molecule has 3 rings (SSSR count). The van der Waals surface area contributed by atoms with Crippen LogP contribution in [-0.2, 0) is 52.3 Å². The van der Waals surface area contributed by atoms with Crippen LogP contribution in [0, 0.1) is 29.6 Å². The van der Waals surface area contributed by atoms with Crippen LogP contribution in [0.4, 0.5) is 4.79 Å². The highest BCUT2D eigenvalue weighted by Gasteiger charge is 2.49. The number of imide groups is 1. The van der Waals surface area contributed by atoms with Crippen molar-refractivity contribution in [1.82, 2.24) is 15.5 Å². The second kappa shape index (κ2) is 25.8. The Labute approximate surface area is 288 Å². The van der Waals surface area contributed by atoms with Crippen LogP contribution in [0.15, 0.2) is 12.2 Å². The van der Waals surface area contributed by atoms with Crippen LogP contribution in [0.2, 0.25) is 0 Å². The van der Waals surface area contributed by atoms with Crippen molar-refractivity contribution in [2.45, 2.75) is 32.1 Å². The molecule has 2 unspecified atom stereocenters. The fraction of sp³-hybridized carbons (Fsp3) is 0.765. The van der Waals surface area contributed by atoms with E-state index in [4.69, 9.17) is 37.9 Å². The van der Waals surface area contributed by atoms with Crippen LogP contribution >= 0.6 is 0 Å². The molecule has 2 N–H and O–H groups in total. The lowest BCUT2D eigenvalue weighted by molar-refractivity contribution is -0.137. The van der Waals surface area contributed by atoms with Gasteiger partial charge >= 0.3 is 6.09 Å². The van der Waals surface area contributed by atoms with Gasteiger partial charge in [0.05, 0.1) is 99.1 Å². The van der Waals surface area contributed by atoms with Gasteiger partial charge in [-0.2, -0.15) is 0 Å². The molecule has 49 heavy (non-hydrogen) atoms. The topological polar surface area (TPSA) is 169 Å². The maximum Gasteiger partial charge on any atom is 0.407 e. The van der Waals surface area contributed by atoms with E-state index in [0.717, 1.165) is 30.6 Å². The fourth-order valence-electron chi connectivity index (χ4n) is 5.37. The van der Waals surface area contributed by atoms with Gasteiger partial charge in [-0.15, -0.1) is 11.8 Å². The highest BCUT2D eigenvalue weighted by atomic mass is 16.6. The monoisotopic (exact) mass is 695 g/mol. The SMILES string of the molecule is O=C(CCN1C(=O)C=CC1=O)NCCOCCOCCOCCOCCOCCOCCOCCNC(=O)OCC1C2CCC#CCCC21. The van der Waals surface area contributed by atoms with Crippen LogP contribution in [-0.4, -0.2) is 147 Å². The van der Waals surface area contributed by atoms with Gasteiger partial charge in [0, 0.05) is 51.0 Å². The predicted molar refractivity (Wildman–Crippen MR) is 175 cm³/mol. The zero-order chi connectivity index (χ0) is 34.8. The molecule has 1 aliphatic heterocycles. The molecule has 0 aromatic carbocycles. The molecule has 2 aliphatic carbocycles. The largest absolute Gasteiger partial charge is 0.449 e. The zero-order valence-electron chi connectivity index (χ0n) is 28.5. The molecular weight excluding hydrogens is 642 g/mol. The summed E-state index contributed by atoms with van der Waals surface area (Å²) >= 11 is 0. The van der Waals surface area contributed by atoms with Crippen molar-refractivity contribution in [1.29, 1.82) is 0 Å². The van der Waals surface area contributed by atoms with Crippen molar-refractivity contribution in [3.05, 3.63) is 12.2 Å². The lowest BCUT2D eigenvalue weighted by atomic mass is 10.1. The van der Waals surface area contributed by atoms with Crippen molar-refractivity contribution in [2.24, 2.45) is 17.8 Å². The summed E-state index contributed by atoms with van der Waals surface area (Å²) in [7, 11) is 0. The number of fused-ring (bicyclic) bond motifs is 1. The minimum absolute atomic E-state index is 0.0509. The molecular formula is C34H53N3O12. The number of carbonyl (C=O) groups is 4. The lowest BCUT2D eigenvalue weighted by Crippen LogP contribution is -2.35. The van der Waals surface area contributed by atoms with E-state index in [-0.39, 0.29) is 18.9 Å². The molecule has 0 bridgehead atoms. The van der Waals surface area contributed by atoms with E-state index in [1.165, 1.54) is 12.2 Å². The number of hydrogen-bond donors (Lipinski definition) is 2. The molecule has 0 saturated heterocycles. The Morgan fingerprint density at radius 1 is 0.633 bits per heavy atom. The third-order valence-corrected chi connectivity index (χ3v) is 8.03. The highest BCUT2D eigenvalue weighted by Crippen LogP contribution is 2.52. The summed E-state index contributed by atoms with van der Waals surface area (Å²) in [6.07, 6.45) is 6.19. The number of rotatable bonds is 29. The van der Waals surface area contributed by atoms with Gasteiger partial charge in [0.2, 0.25) is 5.91 Å². The third-order valence-electron chi connectivity index (χ3n) is 8.03. The van der Waals surface area contributed by atoms with Crippen molar-refractivity contribution in [2.75, 3.05) is 119 Å². The third kappa shape index (κ3) is 18.5. The Kier molecular flexibility index (Phi) is 21.2. The average molecular weight is 696 g/mol. The van der Waals surface area contributed by atoms with Crippen LogP contribution in [0.1, 0.15) is 32.1 Å². The van der Waals surface area contributed by atoms with Gasteiger partial charge in [-0.3, -0.25) is 19.3 Å². The normalized spacial score (nSPS) is 19.5. The van der Waals surface area contributed by atoms with Gasteiger partial charge in [0.15, 0.2) is 0 Å². The van der Waals surface area contributed by atoms with Gasteiger partial charge in [0.1, 0.15) is 0 Å². The van der Waals surface area contributed by atoms with Crippen LogP contribution in [0.25, 0.3) is 0 Å². The molecule has 1 fully saturated rings. The molecule has 1 saturated carbocycles. The van der Waals surface area contributed by atoms with Crippen molar-refractivity contribution >= 4 is 23.8 Å². The van der Waals surface area contributed by atoms with E-state index in [0.29, 0.717) is 130 Å². The van der Waals surface area contributed by atoms with Crippen LogP contribution in [0.5, 0.6) is 0 Å². The quantitative estimate of drug-likeness (QED) is 0.0640. The van der Waals surface area contributed by atoms with Gasteiger partial charge in [-0.05, 0) is 30.6 Å². The molecule has 0 radical (unpaired) electrons. The molecule has 15 heteroatoms.